The number of likely N-dealkylation sites (tertiary alicyclic amines) is 1. The Hall–Kier alpha value is -3.27. The number of pyridine rings is 2. The summed E-state index contributed by atoms with van der Waals surface area (Å²) in [6.07, 6.45) is -1.50. The van der Waals surface area contributed by atoms with E-state index < -0.39 is 17.6 Å². The Bertz CT molecular complexity index is 1550. The van der Waals surface area contributed by atoms with Crippen molar-refractivity contribution in [2.75, 3.05) is 20.1 Å². The standard InChI is InChI=1S/C28H22Cl2F4N4O/c1-37(13-16-2-5-20(23(31)10-16)28(32,33)34)26-15-38(14-19(26)17-3-6-21(29)22(30)11-17)27(39)25-7-4-18-12-35-9-8-24(18)36-25/h2-12,19,26H,13-15H2,1H3/t19-,26+/m1/s1. The molecule has 0 radical (unpaired) electrons. The Morgan fingerprint density at radius 2 is 1.85 bits per heavy atom. The fourth-order valence-corrected chi connectivity index (χ4v) is 5.31. The highest BCUT2D eigenvalue weighted by Crippen LogP contribution is 2.36. The fraction of sp³-hybridized carbons (Fsp3) is 0.250. The molecule has 0 aliphatic carbocycles. The number of alkyl halides is 3. The van der Waals surface area contributed by atoms with Crippen molar-refractivity contribution in [1.29, 1.82) is 0 Å². The van der Waals surface area contributed by atoms with Gasteiger partial charge in [-0.1, -0.05) is 35.3 Å². The van der Waals surface area contributed by atoms with Gasteiger partial charge in [0.1, 0.15) is 11.5 Å². The number of likely N-dealkylation sites (N-methyl/N-ethyl adjacent to an activating group) is 1. The Morgan fingerprint density at radius 3 is 2.56 bits per heavy atom. The van der Waals surface area contributed by atoms with Crippen LogP contribution in [0.25, 0.3) is 10.9 Å². The molecule has 5 nitrogen and oxygen atoms in total. The van der Waals surface area contributed by atoms with Gasteiger partial charge in [-0.3, -0.25) is 14.7 Å². The molecule has 3 heterocycles. The minimum absolute atomic E-state index is 0.167. The summed E-state index contributed by atoms with van der Waals surface area (Å²) < 4.78 is 53.3. The number of carbonyl (C=O) groups is 1. The second kappa shape index (κ2) is 10.7. The van der Waals surface area contributed by atoms with E-state index in [-0.39, 0.29) is 30.1 Å². The van der Waals surface area contributed by atoms with Gasteiger partial charge in [-0.25, -0.2) is 9.37 Å². The normalized spacial score (nSPS) is 17.8. The molecule has 11 heteroatoms. The highest BCUT2D eigenvalue weighted by atomic mass is 35.5. The molecule has 0 N–H and O–H groups in total. The third-order valence-corrected chi connectivity index (χ3v) is 7.73. The minimum Gasteiger partial charge on any atom is -0.335 e. The maximum absolute atomic E-state index is 14.2. The molecule has 202 valence electrons. The first kappa shape index (κ1) is 27.3. The van der Waals surface area contributed by atoms with Crippen LogP contribution in [-0.4, -0.2) is 51.9 Å². The summed E-state index contributed by atoms with van der Waals surface area (Å²) in [4.78, 5) is 25.7. The molecule has 1 aliphatic rings. The molecule has 4 aromatic rings. The van der Waals surface area contributed by atoms with Crippen molar-refractivity contribution in [3.05, 3.63) is 105 Å². The third kappa shape index (κ3) is 5.71. The first-order chi connectivity index (χ1) is 18.5. The summed E-state index contributed by atoms with van der Waals surface area (Å²) >= 11 is 12.4. The maximum Gasteiger partial charge on any atom is 0.419 e. The molecule has 2 atom stereocenters. The molecule has 0 spiro atoms. The number of benzene rings is 2. The molecule has 2 aromatic carbocycles. The lowest BCUT2D eigenvalue weighted by molar-refractivity contribution is -0.140. The molecule has 1 fully saturated rings. The smallest absolute Gasteiger partial charge is 0.335 e. The number of amides is 1. The van der Waals surface area contributed by atoms with Crippen LogP contribution in [0, 0.1) is 5.82 Å². The molecule has 0 saturated carbocycles. The maximum atomic E-state index is 14.2. The van der Waals surface area contributed by atoms with Crippen LogP contribution in [0.2, 0.25) is 10.0 Å². The average Bonchev–Trinajstić information content (AvgIpc) is 3.34. The first-order valence-corrected chi connectivity index (χ1v) is 12.8. The predicted octanol–water partition coefficient (Wildman–Crippen LogP) is 6.83. The van der Waals surface area contributed by atoms with Gasteiger partial charge in [-0.05, 0) is 60.6 Å². The van der Waals surface area contributed by atoms with E-state index in [4.69, 9.17) is 23.2 Å². The van der Waals surface area contributed by atoms with Crippen LogP contribution in [-0.2, 0) is 12.7 Å². The molecule has 39 heavy (non-hydrogen) atoms. The van der Waals surface area contributed by atoms with Crippen LogP contribution in [0.15, 0.2) is 67.0 Å². The van der Waals surface area contributed by atoms with Crippen LogP contribution in [0.4, 0.5) is 17.6 Å². The van der Waals surface area contributed by atoms with E-state index in [1.807, 2.05) is 11.0 Å². The Labute approximate surface area is 232 Å². The van der Waals surface area contributed by atoms with Gasteiger partial charge in [-0.2, -0.15) is 13.2 Å². The Kier molecular flexibility index (Phi) is 7.50. The third-order valence-electron chi connectivity index (χ3n) is 6.99. The van der Waals surface area contributed by atoms with E-state index in [0.717, 1.165) is 23.1 Å². The van der Waals surface area contributed by atoms with Crippen molar-refractivity contribution in [1.82, 2.24) is 19.8 Å². The van der Waals surface area contributed by atoms with Crippen LogP contribution < -0.4 is 0 Å². The number of aromatic nitrogens is 2. The van der Waals surface area contributed by atoms with E-state index >= 15 is 0 Å². The second-order valence-corrected chi connectivity index (χ2v) is 10.4. The van der Waals surface area contributed by atoms with Gasteiger partial charge in [0.2, 0.25) is 0 Å². The van der Waals surface area contributed by atoms with Crippen molar-refractivity contribution >= 4 is 40.0 Å². The van der Waals surface area contributed by atoms with E-state index in [1.165, 1.54) is 6.07 Å². The van der Waals surface area contributed by atoms with Crippen molar-refractivity contribution < 1.29 is 22.4 Å². The van der Waals surface area contributed by atoms with Gasteiger partial charge in [0.15, 0.2) is 0 Å². The predicted molar refractivity (Wildman–Crippen MR) is 141 cm³/mol. The van der Waals surface area contributed by atoms with Crippen molar-refractivity contribution in [3.8, 4) is 0 Å². The van der Waals surface area contributed by atoms with E-state index in [0.29, 0.717) is 34.2 Å². The second-order valence-electron chi connectivity index (χ2n) is 9.55. The zero-order valence-corrected chi connectivity index (χ0v) is 22.1. The summed E-state index contributed by atoms with van der Waals surface area (Å²) in [5.41, 5.74) is 0.862. The van der Waals surface area contributed by atoms with Gasteiger partial charge in [0.05, 0.1) is 21.1 Å². The molecular formula is C28H22Cl2F4N4O. The van der Waals surface area contributed by atoms with E-state index in [2.05, 4.69) is 9.97 Å². The molecule has 2 aromatic heterocycles. The van der Waals surface area contributed by atoms with Gasteiger partial charge in [-0.15, -0.1) is 0 Å². The molecule has 1 amide bonds. The van der Waals surface area contributed by atoms with Gasteiger partial charge >= 0.3 is 6.18 Å². The van der Waals surface area contributed by atoms with E-state index in [9.17, 15) is 22.4 Å². The molecule has 0 unspecified atom stereocenters. The highest BCUT2D eigenvalue weighted by molar-refractivity contribution is 6.42. The number of halogens is 6. The Morgan fingerprint density at radius 1 is 1.05 bits per heavy atom. The van der Waals surface area contributed by atoms with Crippen LogP contribution in [0.5, 0.6) is 0 Å². The lowest BCUT2D eigenvalue weighted by Crippen LogP contribution is -2.38. The molecular weight excluding hydrogens is 555 g/mol. The monoisotopic (exact) mass is 576 g/mol. The number of carbonyl (C=O) groups excluding carboxylic acids is 1. The largest absolute Gasteiger partial charge is 0.419 e. The number of nitrogens with zero attached hydrogens (tertiary/aromatic N) is 4. The lowest BCUT2D eigenvalue weighted by atomic mass is 9.93. The summed E-state index contributed by atoms with van der Waals surface area (Å²) in [7, 11) is 1.79. The number of hydrogen-bond donors (Lipinski definition) is 0. The minimum atomic E-state index is -4.77. The van der Waals surface area contributed by atoms with Crippen molar-refractivity contribution in [3.63, 3.8) is 0 Å². The molecule has 1 aliphatic heterocycles. The van der Waals surface area contributed by atoms with Crippen LogP contribution in [0.3, 0.4) is 0 Å². The van der Waals surface area contributed by atoms with Crippen LogP contribution >= 0.6 is 23.2 Å². The fourth-order valence-electron chi connectivity index (χ4n) is 5.01. The van der Waals surface area contributed by atoms with Gasteiger partial charge in [0, 0.05) is 49.4 Å². The SMILES string of the molecule is CN(Cc1ccc(C(F)(F)F)c(F)c1)[C@H]1CN(C(=O)c2ccc3cnccc3n2)C[C@@H]1c1ccc(Cl)c(Cl)c1. The summed E-state index contributed by atoms with van der Waals surface area (Å²) in [6, 6.07) is 13.1. The first-order valence-electron chi connectivity index (χ1n) is 12.0. The molecule has 1 saturated heterocycles. The van der Waals surface area contributed by atoms with E-state index in [1.54, 1.807) is 54.7 Å². The molecule has 0 bridgehead atoms. The quantitative estimate of drug-likeness (QED) is 0.244. The number of hydrogen-bond acceptors (Lipinski definition) is 4. The van der Waals surface area contributed by atoms with Gasteiger partial charge < -0.3 is 4.90 Å². The summed E-state index contributed by atoms with van der Waals surface area (Å²) in [5.74, 6) is -1.77. The van der Waals surface area contributed by atoms with Gasteiger partial charge in [0.25, 0.3) is 5.91 Å². The topological polar surface area (TPSA) is 49.3 Å². The lowest BCUT2D eigenvalue weighted by Gasteiger charge is -2.29. The molecule has 5 rings (SSSR count). The van der Waals surface area contributed by atoms with Crippen LogP contribution in [0.1, 0.15) is 33.1 Å². The highest BCUT2D eigenvalue weighted by Gasteiger charge is 2.39. The Balaban J connectivity index is 1.43. The van der Waals surface area contributed by atoms with Crippen molar-refractivity contribution in [2.45, 2.75) is 24.7 Å². The zero-order valence-electron chi connectivity index (χ0n) is 20.6. The number of rotatable bonds is 5. The summed E-state index contributed by atoms with van der Waals surface area (Å²) in [5, 5.41) is 1.58. The summed E-state index contributed by atoms with van der Waals surface area (Å²) in [6.45, 7) is 0.837. The number of fused-ring (bicyclic) bond motifs is 1. The van der Waals surface area contributed by atoms with Crippen molar-refractivity contribution in [2.24, 2.45) is 0 Å². The average molecular weight is 577 g/mol. The zero-order chi connectivity index (χ0) is 27.9.